The molecule has 0 spiro atoms. The third-order valence-electron chi connectivity index (χ3n) is 2.06. The monoisotopic (exact) mass is 178 g/mol. The molecule has 0 aromatic carbocycles. The molecule has 0 N–H and O–H groups in total. The first-order valence-electron chi connectivity index (χ1n) is 5.08. The number of allylic oxidation sites excluding steroid dienone is 5. The highest BCUT2D eigenvalue weighted by molar-refractivity contribution is 5.32. The van der Waals surface area contributed by atoms with E-state index in [0.29, 0.717) is 0 Å². The smallest absolute Gasteiger partial charge is 0.0277 e. The molecule has 0 amide bonds. The Hall–Kier alpha value is -0.780. The molecule has 0 saturated heterocycles. The lowest BCUT2D eigenvalue weighted by Gasteiger charge is -2.04. The molecule has 0 unspecified atom stereocenters. The first-order chi connectivity index (χ1) is 6.11. The van der Waals surface area contributed by atoms with Gasteiger partial charge < -0.3 is 0 Å². The zero-order chi connectivity index (χ0) is 10.3. The van der Waals surface area contributed by atoms with Crippen molar-refractivity contribution in [3.05, 3.63) is 35.5 Å². The number of unbranched alkanes of at least 4 members (excludes halogenated alkanes) is 1. The van der Waals surface area contributed by atoms with Crippen molar-refractivity contribution in [3.8, 4) is 0 Å². The van der Waals surface area contributed by atoms with Crippen LogP contribution in [0.15, 0.2) is 35.5 Å². The molecule has 0 saturated carbocycles. The van der Waals surface area contributed by atoms with Gasteiger partial charge in [0.05, 0.1) is 0 Å². The first-order valence-corrected chi connectivity index (χ1v) is 5.08. The highest BCUT2D eigenvalue weighted by Crippen LogP contribution is 2.15. The van der Waals surface area contributed by atoms with E-state index < -0.39 is 0 Å². The van der Waals surface area contributed by atoms with Gasteiger partial charge in [0.25, 0.3) is 0 Å². The fourth-order valence-corrected chi connectivity index (χ4v) is 1.35. The highest BCUT2D eigenvalue weighted by Gasteiger charge is 1.95. The van der Waals surface area contributed by atoms with Crippen molar-refractivity contribution in [1.29, 1.82) is 0 Å². The van der Waals surface area contributed by atoms with Crippen LogP contribution < -0.4 is 0 Å². The summed E-state index contributed by atoms with van der Waals surface area (Å²) < 4.78 is 0. The van der Waals surface area contributed by atoms with Crippen molar-refractivity contribution in [1.82, 2.24) is 0 Å². The maximum atomic E-state index is 3.86. The van der Waals surface area contributed by atoms with Crippen LogP contribution in [-0.2, 0) is 0 Å². The number of rotatable bonds is 5. The summed E-state index contributed by atoms with van der Waals surface area (Å²) in [6.45, 7) is 12.5. The summed E-state index contributed by atoms with van der Waals surface area (Å²) in [5.74, 6) is 0. The molecule has 0 aliphatic rings. The summed E-state index contributed by atoms with van der Waals surface area (Å²) >= 11 is 0. The van der Waals surface area contributed by atoms with Crippen molar-refractivity contribution in [2.45, 2.75) is 47.0 Å². The average Bonchev–Trinajstić information content (AvgIpc) is 2.04. The van der Waals surface area contributed by atoms with Gasteiger partial charge >= 0.3 is 0 Å². The summed E-state index contributed by atoms with van der Waals surface area (Å²) in [7, 11) is 0. The van der Waals surface area contributed by atoms with E-state index in [1.807, 2.05) is 6.08 Å². The lowest BCUT2D eigenvalue weighted by Crippen LogP contribution is -1.84. The molecular formula is C13H22. The maximum Gasteiger partial charge on any atom is -0.0277 e. The zero-order valence-electron chi connectivity index (χ0n) is 9.48. The van der Waals surface area contributed by atoms with Gasteiger partial charge in [-0.2, -0.15) is 0 Å². The van der Waals surface area contributed by atoms with Gasteiger partial charge in [-0.1, -0.05) is 37.6 Å². The molecule has 13 heavy (non-hydrogen) atoms. The molecule has 0 bridgehead atoms. The van der Waals surface area contributed by atoms with E-state index >= 15 is 0 Å². The third kappa shape index (κ3) is 5.46. The van der Waals surface area contributed by atoms with E-state index in [-0.39, 0.29) is 0 Å². The van der Waals surface area contributed by atoms with Crippen LogP contribution in [-0.4, -0.2) is 0 Å². The van der Waals surface area contributed by atoms with Crippen LogP contribution in [0.2, 0.25) is 0 Å². The fraction of sp³-hybridized carbons (Fsp3) is 0.538. The molecule has 74 valence electrons. The zero-order valence-corrected chi connectivity index (χ0v) is 9.48. The largest absolute Gasteiger partial charge is 0.0988 e. The van der Waals surface area contributed by atoms with Crippen LogP contribution >= 0.6 is 0 Å². The van der Waals surface area contributed by atoms with Gasteiger partial charge in [-0.15, -0.1) is 0 Å². The van der Waals surface area contributed by atoms with Gasteiger partial charge in [-0.3, -0.25) is 0 Å². The molecule has 0 aromatic rings. The lowest BCUT2D eigenvalue weighted by atomic mass is 10.0. The molecule has 0 aliphatic carbocycles. The number of hydrogen-bond acceptors (Lipinski definition) is 0. The van der Waals surface area contributed by atoms with E-state index in [1.165, 1.54) is 29.6 Å². The Labute approximate surface area is 83.0 Å². The molecule has 0 atom stereocenters. The SMILES string of the molecule is C=CC(CCCC)=C(C)C=C(C)C. The molecule has 0 radical (unpaired) electrons. The number of hydrogen-bond donors (Lipinski definition) is 0. The second-order valence-electron chi connectivity index (χ2n) is 3.74. The van der Waals surface area contributed by atoms with Crippen LogP contribution in [0.3, 0.4) is 0 Å². The van der Waals surface area contributed by atoms with Crippen molar-refractivity contribution >= 4 is 0 Å². The summed E-state index contributed by atoms with van der Waals surface area (Å²) in [6.07, 6.45) is 7.89. The average molecular weight is 178 g/mol. The van der Waals surface area contributed by atoms with E-state index in [1.54, 1.807) is 0 Å². The highest BCUT2D eigenvalue weighted by atomic mass is 14.0. The first kappa shape index (κ1) is 12.2. The summed E-state index contributed by atoms with van der Waals surface area (Å²) in [6, 6.07) is 0. The Kier molecular flexibility index (Phi) is 6.30. The maximum absolute atomic E-state index is 3.86. The minimum Gasteiger partial charge on any atom is -0.0988 e. The Morgan fingerprint density at radius 2 is 1.85 bits per heavy atom. The second-order valence-corrected chi connectivity index (χ2v) is 3.74. The predicted molar refractivity (Wildman–Crippen MR) is 61.9 cm³/mol. The molecule has 0 aliphatic heterocycles. The second kappa shape index (κ2) is 6.71. The normalized spacial score (nSPS) is 12.0. The topological polar surface area (TPSA) is 0 Å². The minimum atomic E-state index is 1.16. The molecule has 0 rings (SSSR count). The van der Waals surface area contributed by atoms with E-state index in [0.717, 1.165) is 6.42 Å². The van der Waals surface area contributed by atoms with Crippen molar-refractivity contribution in [3.63, 3.8) is 0 Å². The van der Waals surface area contributed by atoms with E-state index in [4.69, 9.17) is 0 Å². The van der Waals surface area contributed by atoms with Crippen LogP contribution in [0.4, 0.5) is 0 Å². The standard InChI is InChI=1S/C13H22/c1-6-8-9-13(7-2)12(5)10-11(3)4/h7,10H,2,6,8-9H2,1,3-5H3. The van der Waals surface area contributed by atoms with Crippen LogP contribution in [0.25, 0.3) is 0 Å². The lowest BCUT2D eigenvalue weighted by molar-refractivity contribution is 0.794. The van der Waals surface area contributed by atoms with Gasteiger partial charge in [0.2, 0.25) is 0 Å². The third-order valence-corrected chi connectivity index (χ3v) is 2.06. The van der Waals surface area contributed by atoms with Gasteiger partial charge in [-0.25, -0.2) is 0 Å². The van der Waals surface area contributed by atoms with E-state index in [9.17, 15) is 0 Å². The molecule has 0 heteroatoms. The van der Waals surface area contributed by atoms with Gasteiger partial charge in [-0.05, 0) is 44.8 Å². The minimum absolute atomic E-state index is 1.16. The molecule has 0 nitrogen and oxygen atoms in total. The predicted octanol–water partition coefficient (Wildman–Crippen LogP) is 4.65. The van der Waals surface area contributed by atoms with Crippen molar-refractivity contribution in [2.75, 3.05) is 0 Å². The Balaban J connectivity index is 4.49. The van der Waals surface area contributed by atoms with Crippen LogP contribution in [0.1, 0.15) is 47.0 Å². The van der Waals surface area contributed by atoms with Crippen LogP contribution in [0, 0.1) is 0 Å². The Bertz CT molecular complexity index is 212. The van der Waals surface area contributed by atoms with Crippen molar-refractivity contribution in [2.24, 2.45) is 0 Å². The van der Waals surface area contributed by atoms with Gasteiger partial charge in [0, 0.05) is 0 Å². The van der Waals surface area contributed by atoms with Crippen molar-refractivity contribution < 1.29 is 0 Å². The Morgan fingerprint density at radius 1 is 1.23 bits per heavy atom. The molecule has 0 aromatic heterocycles. The van der Waals surface area contributed by atoms with Gasteiger partial charge in [0.1, 0.15) is 0 Å². The molecule has 0 fully saturated rings. The fourth-order valence-electron chi connectivity index (χ4n) is 1.35. The van der Waals surface area contributed by atoms with Gasteiger partial charge in [0.15, 0.2) is 0 Å². The summed E-state index contributed by atoms with van der Waals surface area (Å²) in [4.78, 5) is 0. The molecular weight excluding hydrogens is 156 g/mol. The quantitative estimate of drug-likeness (QED) is 0.538. The van der Waals surface area contributed by atoms with E-state index in [2.05, 4.69) is 40.3 Å². The summed E-state index contributed by atoms with van der Waals surface area (Å²) in [5.41, 5.74) is 4.11. The van der Waals surface area contributed by atoms with Crippen LogP contribution in [0.5, 0.6) is 0 Å². The Morgan fingerprint density at radius 3 is 2.23 bits per heavy atom. The molecule has 0 heterocycles. The summed E-state index contributed by atoms with van der Waals surface area (Å²) in [5, 5.41) is 0.